The fourth-order valence-corrected chi connectivity index (χ4v) is 0.359. The molecule has 0 fully saturated rings. The summed E-state index contributed by atoms with van der Waals surface area (Å²) in [6, 6.07) is 0. The van der Waals surface area contributed by atoms with E-state index in [2.05, 4.69) is 11.7 Å². The Hall–Kier alpha value is -0.0800. The fourth-order valence-electron chi connectivity index (χ4n) is 0.359. The van der Waals surface area contributed by atoms with Crippen LogP contribution in [0, 0.1) is 6.92 Å². The van der Waals surface area contributed by atoms with Crippen LogP contribution in [-0.4, -0.2) is 12.9 Å². The second kappa shape index (κ2) is 5.06. The molecular weight excluding hydrogens is 104 g/mol. The monoisotopic (exact) mass is 116 g/mol. The summed E-state index contributed by atoms with van der Waals surface area (Å²) in [4.78, 5) is 0. The normalized spacial score (nSPS) is 13.9. The van der Waals surface area contributed by atoms with Crippen LogP contribution in [0.2, 0.25) is 0 Å². The molecular formula is C6H12O2. The lowest BCUT2D eigenvalue weighted by molar-refractivity contribution is -0.108. The third-order valence-corrected chi connectivity index (χ3v) is 0.802. The van der Waals surface area contributed by atoms with Crippen molar-refractivity contribution in [3.05, 3.63) is 6.92 Å². The summed E-state index contributed by atoms with van der Waals surface area (Å²) in [5, 5.41) is 10.1. The van der Waals surface area contributed by atoms with Crippen LogP contribution < -0.4 is 0 Å². The van der Waals surface area contributed by atoms with Crippen LogP contribution in [0.25, 0.3) is 0 Å². The number of hydrogen-bond acceptors (Lipinski definition) is 1. The molecule has 0 spiro atoms. The van der Waals surface area contributed by atoms with Gasteiger partial charge in [-0.15, -0.1) is 0 Å². The van der Waals surface area contributed by atoms with Crippen LogP contribution >= 0.6 is 0 Å². The van der Waals surface area contributed by atoms with Gasteiger partial charge in [-0.2, -0.15) is 0 Å². The van der Waals surface area contributed by atoms with Gasteiger partial charge in [0.05, 0.1) is 0 Å². The first-order valence-electron chi connectivity index (χ1n) is 2.88. The summed E-state index contributed by atoms with van der Waals surface area (Å²) in [6.45, 7) is 5.73. The highest BCUT2D eigenvalue weighted by Crippen LogP contribution is 1.90. The highest BCUT2D eigenvalue weighted by Gasteiger charge is 1.93. The summed E-state index contributed by atoms with van der Waals surface area (Å²) in [5.74, 6) is 0. The van der Waals surface area contributed by atoms with Gasteiger partial charge in [-0.05, 0) is 6.42 Å². The molecule has 0 aliphatic carbocycles. The van der Waals surface area contributed by atoms with Gasteiger partial charge >= 0.3 is 0 Å². The van der Waals surface area contributed by atoms with Gasteiger partial charge in [0, 0.05) is 13.5 Å². The Morgan fingerprint density at radius 3 is 2.75 bits per heavy atom. The summed E-state index contributed by atoms with van der Waals surface area (Å²) in [7, 11) is 0. The van der Waals surface area contributed by atoms with E-state index in [1.807, 2.05) is 6.92 Å². The first-order valence-corrected chi connectivity index (χ1v) is 2.88. The molecule has 0 amide bonds. The Kier molecular flexibility index (Phi) is 5.01. The molecule has 0 aromatic heterocycles. The van der Waals surface area contributed by atoms with E-state index in [4.69, 9.17) is 0 Å². The van der Waals surface area contributed by atoms with Crippen molar-refractivity contribution in [2.45, 2.75) is 26.1 Å². The lowest BCUT2D eigenvalue weighted by atomic mass is 10.4. The molecule has 0 rings (SSSR count). The zero-order valence-electron chi connectivity index (χ0n) is 5.22. The quantitative estimate of drug-likeness (QED) is 0.403. The van der Waals surface area contributed by atoms with E-state index in [1.54, 1.807) is 0 Å². The molecule has 48 valence electrons. The van der Waals surface area contributed by atoms with E-state index >= 15 is 0 Å². The predicted molar refractivity (Wildman–Crippen MR) is 30.7 cm³/mol. The van der Waals surface area contributed by atoms with Crippen molar-refractivity contribution in [3.63, 3.8) is 0 Å². The maximum absolute atomic E-state index is 10.1. The average molecular weight is 116 g/mol. The number of ether oxygens (including phenoxy) is 1. The lowest BCUT2D eigenvalue weighted by Crippen LogP contribution is -2.05. The first-order chi connectivity index (χ1) is 3.77. The minimum absolute atomic E-state index is 0.550. The Morgan fingerprint density at radius 1 is 1.75 bits per heavy atom. The van der Waals surface area contributed by atoms with Gasteiger partial charge in [-0.25, -0.2) is 5.11 Å². The van der Waals surface area contributed by atoms with E-state index < -0.39 is 6.29 Å². The largest absolute Gasteiger partial charge is 0.350 e. The fraction of sp³-hybridized carbons (Fsp3) is 0.833. The summed E-state index contributed by atoms with van der Waals surface area (Å²) in [6.07, 6.45) is 0.919. The van der Waals surface area contributed by atoms with Crippen molar-refractivity contribution in [1.82, 2.24) is 0 Å². The number of rotatable bonds is 4. The molecule has 0 saturated carbocycles. The van der Waals surface area contributed by atoms with Crippen LogP contribution in [0.4, 0.5) is 0 Å². The second-order valence-corrected chi connectivity index (χ2v) is 1.65. The highest BCUT2D eigenvalue weighted by molar-refractivity contribution is 4.39. The van der Waals surface area contributed by atoms with Crippen molar-refractivity contribution in [2.75, 3.05) is 6.61 Å². The number of unbranched alkanes of at least 4 members (excludes halogenated alkanes) is 1. The smallest absolute Gasteiger partial charge is 0.191 e. The van der Waals surface area contributed by atoms with Crippen LogP contribution in [0.3, 0.4) is 0 Å². The van der Waals surface area contributed by atoms with Crippen LogP contribution in [0.1, 0.15) is 19.8 Å². The zero-order chi connectivity index (χ0) is 6.41. The summed E-state index contributed by atoms with van der Waals surface area (Å²) >= 11 is 0. The van der Waals surface area contributed by atoms with Crippen molar-refractivity contribution >= 4 is 0 Å². The molecule has 0 heterocycles. The molecule has 1 atom stereocenters. The Balaban J connectivity index is 2.72. The average Bonchev–Trinajstić information content (AvgIpc) is 1.66. The van der Waals surface area contributed by atoms with Crippen molar-refractivity contribution in [1.29, 1.82) is 0 Å². The van der Waals surface area contributed by atoms with Gasteiger partial charge in [0.25, 0.3) is 0 Å². The zero-order valence-corrected chi connectivity index (χ0v) is 5.22. The molecule has 0 saturated heterocycles. The second-order valence-electron chi connectivity index (χ2n) is 1.65. The third-order valence-electron chi connectivity index (χ3n) is 0.802. The lowest BCUT2D eigenvalue weighted by Gasteiger charge is -2.01. The molecule has 2 nitrogen and oxygen atoms in total. The van der Waals surface area contributed by atoms with Crippen LogP contribution in [-0.2, 0) is 9.84 Å². The summed E-state index contributed by atoms with van der Waals surface area (Å²) < 4.78 is 4.62. The minimum atomic E-state index is -1.10. The van der Waals surface area contributed by atoms with E-state index in [0.717, 1.165) is 12.8 Å². The van der Waals surface area contributed by atoms with Crippen molar-refractivity contribution < 1.29 is 9.84 Å². The Labute approximate surface area is 50.5 Å². The minimum Gasteiger partial charge on any atom is -0.350 e. The summed E-state index contributed by atoms with van der Waals surface area (Å²) in [5.41, 5.74) is 0. The van der Waals surface area contributed by atoms with Crippen molar-refractivity contribution in [2.24, 2.45) is 0 Å². The van der Waals surface area contributed by atoms with Gasteiger partial charge in [0.15, 0.2) is 6.29 Å². The molecule has 1 unspecified atom stereocenters. The Bertz CT molecular complexity index is 43.8. The molecule has 0 aliphatic rings. The van der Waals surface area contributed by atoms with E-state index in [9.17, 15) is 5.11 Å². The molecule has 0 aromatic carbocycles. The van der Waals surface area contributed by atoms with E-state index in [1.165, 1.54) is 0 Å². The Morgan fingerprint density at radius 2 is 2.38 bits per heavy atom. The molecule has 2 heteroatoms. The van der Waals surface area contributed by atoms with Crippen LogP contribution in [0.15, 0.2) is 0 Å². The molecule has 0 aromatic rings. The van der Waals surface area contributed by atoms with Crippen LogP contribution in [0.5, 0.6) is 0 Å². The third kappa shape index (κ3) is 5.92. The van der Waals surface area contributed by atoms with Gasteiger partial charge in [0.1, 0.15) is 0 Å². The molecule has 2 radical (unpaired) electrons. The SMILES string of the molecule is [CH2]C([O])OCCCC. The topological polar surface area (TPSA) is 29.1 Å². The molecule has 0 aliphatic heterocycles. The van der Waals surface area contributed by atoms with E-state index in [0.29, 0.717) is 6.61 Å². The maximum atomic E-state index is 10.1. The predicted octanol–water partition coefficient (Wildman–Crippen LogP) is 1.39. The van der Waals surface area contributed by atoms with Gasteiger partial charge in [0.2, 0.25) is 0 Å². The van der Waals surface area contributed by atoms with Gasteiger partial charge < -0.3 is 4.74 Å². The molecule has 0 bridgehead atoms. The highest BCUT2D eigenvalue weighted by atomic mass is 16.6. The molecule has 8 heavy (non-hydrogen) atoms. The van der Waals surface area contributed by atoms with Crippen molar-refractivity contribution in [3.8, 4) is 0 Å². The maximum Gasteiger partial charge on any atom is 0.191 e. The first kappa shape index (κ1) is 7.92. The van der Waals surface area contributed by atoms with E-state index in [-0.39, 0.29) is 0 Å². The standard InChI is InChI=1S/C6H12O2/c1-3-4-5-8-6(2)7/h6H,2-5H2,1H3. The van der Waals surface area contributed by atoms with Gasteiger partial charge in [-0.1, -0.05) is 13.3 Å². The molecule has 0 N–H and O–H groups in total. The number of hydrogen-bond donors (Lipinski definition) is 0. The van der Waals surface area contributed by atoms with Gasteiger partial charge in [-0.3, -0.25) is 0 Å².